The van der Waals surface area contributed by atoms with Crippen molar-refractivity contribution in [1.29, 1.82) is 0 Å². The van der Waals surface area contributed by atoms with Gasteiger partial charge < -0.3 is 0 Å². The molecule has 0 radical (unpaired) electrons. The Hall–Kier alpha value is -0.890. The largest absolute Gasteiger partial charge is 0.433 e. The van der Waals surface area contributed by atoms with Crippen LogP contribution >= 0.6 is 11.6 Å². The number of alkyl halides is 3. The Morgan fingerprint density at radius 3 is 2.21 bits per heavy atom. The fourth-order valence-corrected chi connectivity index (χ4v) is 2.37. The third-order valence-corrected chi connectivity index (χ3v) is 3.72. The number of hydrogen-bond donors (Lipinski definition) is 0. The number of hydrogen-bond acceptors (Lipinski definition) is 4. The van der Waals surface area contributed by atoms with Crippen LogP contribution in [0.4, 0.5) is 13.2 Å². The van der Waals surface area contributed by atoms with Crippen molar-refractivity contribution in [3.05, 3.63) is 16.4 Å². The summed E-state index contributed by atoms with van der Waals surface area (Å²) < 4.78 is 61.4. The van der Waals surface area contributed by atoms with Gasteiger partial charge in [0.15, 0.2) is 5.69 Å². The van der Waals surface area contributed by atoms with E-state index in [1.807, 2.05) is 0 Å². The third kappa shape index (κ3) is 3.56. The fraction of sp³-hybridized carbons (Fsp3) is 0.600. The Morgan fingerprint density at radius 2 is 1.84 bits per heavy atom. The van der Waals surface area contributed by atoms with Crippen LogP contribution in [0.5, 0.6) is 0 Å². The molecule has 108 valence electrons. The standard InChI is InChI=1S/C10H12ClF3N2O2S/c1-4-5(2)6-7(10(12,13)14)15-9(16-8(6)11)19(3,17)18/h5H,4H2,1-3H3. The van der Waals surface area contributed by atoms with Crippen molar-refractivity contribution < 1.29 is 21.6 Å². The minimum Gasteiger partial charge on any atom is -0.221 e. The van der Waals surface area contributed by atoms with Crippen molar-refractivity contribution in [2.24, 2.45) is 0 Å². The van der Waals surface area contributed by atoms with E-state index >= 15 is 0 Å². The molecule has 1 heterocycles. The number of aromatic nitrogens is 2. The maximum atomic E-state index is 12.9. The van der Waals surface area contributed by atoms with Gasteiger partial charge in [0, 0.05) is 11.8 Å². The molecule has 0 aliphatic heterocycles. The van der Waals surface area contributed by atoms with E-state index in [1.54, 1.807) is 13.8 Å². The summed E-state index contributed by atoms with van der Waals surface area (Å²) in [4.78, 5) is 6.59. The van der Waals surface area contributed by atoms with Crippen LogP contribution in [-0.4, -0.2) is 24.6 Å². The molecule has 1 atom stereocenters. The first kappa shape index (κ1) is 16.2. The zero-order valence-corrected chi connectivity index (χ0v) is 12.0. The molecular formula is C10H12ClF3N2O2S. The summed E-state index contributed by atoms with van der Waals surface area (Å²) in [6.07, 6.45) is -3.67. The van der Waals surface area contributed by atoms with Crippen molar-refractivity contribution >= 4 is 21.4 Å². The predicted molar refractivity (Wildman–Crippen MR) is 63.9 cm³/mol. The van der Waals surface area contributed by atoms with Gasteiger partial charge in [-0.25, -0.2) is 18.4 Å². The minimum absolute atomic E-state index is 0.274. The number of sulfone groups is 1. The topological polar surface area (TPSA) is 59.9 Å². The lowest BCUT2D eigenvalue weighted by atomic mass is 9.98. The van der Waals surface area contributed by atoms with E-state index in [4.69, 9.17) is 11.6 Å². The number of nitrogens with zero attached hydrogens (tertiary/aromatic N) is 2. The molecule has 1 rings (SSSR count). The second-order valence-electron chi connectivity index (χ2n) is 4.14. The quantitative estimate of drug-likeness (QED) is 0.635. The Kier molecular flexibility index (Phi) is 4.46. The van der Waals surface area contributed by atoms with Crippen LogP contribution in [0, 0.1) is 0 Å². The monoisotopic (exact) mass is 316 g/mol. The molecule has 1 aromatic rings. The molecule has 0 aliphatic rings. The summed E-state index contributed by atoms with van der Waals surface area (Å²) in [7, 11) is -3.96. The molecule has 1 aromatic heterocycles. The molecule has 0 saturated heterocycles. The van der Waals surface area contributed by atoms with Gasteiger partial charge >= 0.3 is 6.18 Å². The average molecular weight is 317 g/mol. The summed E-state index contributed by atoms with van der Waals surface area (Å²) in [6, 6.07) is 0. The van der Waals surface area contributed by atoms with E-state index in [1.165, 1.54) is 0 Å². The molecule has 9 heteroatoms. The molecule has 0 bridgehead atoms. The first-order valence-electron chi connectivity index (χ1n) is 5.33. The second kappa shape index (κ2) is 5.24. The van der Waals surface area contributed by atoms with Gasteiger partial charge in [0.25, 0.3) is 0 Å². The highest BCUT2D eigenvalue weighted by Gasteiger charge is 2.39. The van der Waals surface area contributed by atoms with E-state index in [0.29, 0.717) is 6.42 Å². The van der Waals surface area contributed by atoms with Crippen molar-refractivity contribution in [3.63, 3.8) is 0 Å². The van der Waals surface area contributed by atoms with Crippen molar-refractivity contribution in [1.82, 2.24) is 9.97 Å². The Labute approximate surface area is 113 Å². The number of rotatable bonds is 3. The molecule has 0 aliphatic carbocycles. The van der Waals surface area contributed by atoms with Gasteiger partial charge in [-0.15, -0.1) is 0 Å². The van der Waals surface area contributed by atoms with Gasteiger partial charge in [0.2, 0.25) is 15.0 Å². The van der Waals surface area contributed by atoms with E-state index in [2.05, 4.69) is 9.97 Å². The van der Waals surface area contributed by atoms with Crippen LogP contribution in [0.1, 0.15) is 37.4 Å². The normalized spacial score (nSPS) is 14.5. The second-order valence-corrected chi connectivity index (χ2v) is 6.41. The summed E-state index contributed by atoms with van der Waals surface area (Å²) in [6.45, 7) is 3.23. The summed E-state index contributed by atoms with van der Waals surface area (Å²) in [5.41, 5.74) is -1.56. The zero-order chi connectivity index (χ0) is 15.0. The first-order chi connectivity index (χ1) is 8.48. The zero-order valence-electron chi connectivity index (χ0n) is 10.4. The van der Waals surface area contributed by atoms with Gasteiger partial charge in [-0.1, -0.05) is 25.4 Å². The molecule has 0 saturated carbocycles. The molecular weight excluding hydrogens is 305 g/mol. The highest BCUT2D eigenvalue weighted by Crippen LogP contribution is 2.38. The Balaban J connectivity index is 3.67. The fourth-order valence-electron chi connectivity index (χ4n) is 1.45. The maximum absolute atomic E-state index is 12.9. The van der Waals surface area contributed by atoms with Gasteiger partial charge in [-0.05, 0) is 12.3 Å². The molecule has 0 amide bonds. The van der Waals surface area contributed by atoms with Gasteiger partial charge in [-0.3, -0.25) is 0 Å². The third-order valence-electron chi connectivity index (χ3n) is 2.58. The molecule has 0 spiro atoms. The van der Waals surface area contributed by atoms with Crippen LogP contribution in [0.15, 0.2) is 5.16 Å². The summed E-state index contributed by atoms with van der Waals surface area (Å²) in [5, 5.41) is -1.39. The maximum Gasteiger partial charge on any atom is 0.433 e. The smallest absolute Gasteiger partial charge is 0.221 e. The Morgan fingerprint density at radius 1 is 1.32 bits per heavy atom. The van der Waals surface area contributed by atoms with Gasteiger partial charge in [0.1, 0.15) is 5.15 Å². The lowest BCUT2D eigenvalue weighted by molar-refractivity contribution is -0.142. The van der Waals surface area contributed by atoms with Crippen LogP contribution in [0.25, 0.3) is 0 Å². The highest BCUT2D eigenvalue weighted by atomic mass is 35.5. The van der Waals surface area contributed by atoms with E-state index in [9.17, 15) is 21.6 Å². The van der Waals surface area contributed by atoms with Gasteiger partial charge in [0.05, 0.1) is 0 Å². The van der Waals surface area contributed by atoms with E-state index in [-0.39, 0.29) is 5.56 Å². The summed E-state index contributed by atoms with van der Waals surface area (Å²) in [5.74, 6) is -0.530. The molecule has 4 nitrogen and oxygen atoms in total. The van der Waals surface area contributed by atoms with Crippen LogP contribution in [-0.2, 0) is 16.0 Å². The first-order valence-corrected chi connectivity index (χ1v) is 7.60. The lowest BCUT2D eigenvalue weighted by Gasteiger charge is -2.17. The SMILES string of the molecule is CCC(C)c1c(Cl)nc(S(C)(=O)=O)nc1C(F)(F)F. The van der Waals surface area contributed by atoms with E-state index in [0.717, 1.165) is 6.26 Å². The highest BCUT2D eigenvalue weighted by molar-refractivity contribution is 7.90. The van der Waals surface area contributed by atoms with Crippen molar-refractivity contribution in [2.75, 3.05) is 6.26 Å². The molecule has 1 unspecified atom stereocenters. The average Bonchev–Trinajstić information content (AvgIpc) is 2.24. The van der Waals surface area contributed by atoms with Gasteiger partial charge in [-0.2, -0.15) is 13.2 Å². The molecule has 0 fully saturated rings. The molecule has 19 heavy (non-hydrogen) atoms. The van der Waals surface area contributed by atoms with E-state index < -0.39 is 37.9 Å². The summed E-state index contributed by atoms with van der Waals surface area (Å²) >= 11 is 5.70. The lowest BCUT2D eigenvalue weighted by Crippen LogP contribution is -2.18. The molecule has 0 aromatic carbocycles. The van der Waals surface area contributed by atoms with Crippen LogP contribution < -0.4 is 0 Å². The Bertz CT molecular complexity index is 587. The minimum atomic E-state index is -4.79. The molecule has 0 N–H and O–H groups in total. The van der Waals surface area contributed by atoms with Crippen LogP contribution in [0.2, 0.25) is 5.15 Å². The van der Waals surface area contributed by atoms with Crippen LogP contribution in [0.3, 0.4) is 0 Å². The predicted octanol–water partition coefficient (Wildman–Crippen LogP) is 3.07. The number of halogens is 4. The van der Waals surface area contributed by atoms with Crippen molar-refractivity contribution in [3.8, 4) is 0 Å². The van der Waals surface area contributed by atoms with Crippen molar-refractivity contribution in [2.45, 2.75) is 37.5 Å².